The van der Waals surface area contributed by atoms with Crippen molar-refractivity contribution in [2.45, 2.75) is 13.1 Å². The number of para-hydroxylation sites is 2. The molecule has 13 rings (SSSR count). The molecule has 302 valence electrons. The van der Waals surface area contributed by atoms with Crippen LogP contribution >= 0.6 is 11.3 Å². The minimum absolute atomic E-state index is 1.15. The molecule has 0 atom stereocenters. The minimum Gasteiger partial charge on any atom is -0.310 e. The van der Waals surface area contributed by atoms with Gasteiger partial charge in [-0.25, -0.2) is 0 Å². The Bertz CT molecular complexity index is 3780. The first kappa shape index (κ1) is 37.1. The zero-order valence-electron chi connectivity index (χ0n) is 35.6. The Balaban J connectivity index is 1.07. The highest BCUT2D eigenvalue weighted by Crippen LogP contribution is 2.51. The van der Waals surface area contributed by atoms with Gasteiger partial charge in [-0.3, -0.25) is 0 Å². The minimum atomic E-state index is -1.92. The first-order chi connectivity index (χ1) is 31.5. The number of fused-ring (bicyclic) bond motifs is 6. The molecule has 1 aromatic heterocycles. The summed E-state index contributed by atoms with van der Waals surface area (Å²) in [6.07, 6.45) is 0. The summed E-state index contributed by atoms with van der Waals surface area (Å²) in [5.41, 5.74) is 12.2. The predicted octanol–water partition coefficient (Wildman–Crippen LogP) is 16.4. The molecule has 12 aromatic rings. The van der Waals surface area contributed by atoms with E-state index in [0.717, 1.165) is 17.1 Å². The second-order valence-electron chi connectivity index (χ2n) is 17.6. The molecule has 4 heteroatoms. The first-order valence-corrected chi connectivity index (χ1v) is 26.0. The fraction of sp³-hybridized carbons (Fsp3) is 0.0333. The number of thiophene rings is 1. The first-order valence-electron chi connectivity index (χ1n) is 22.2. The molecule has 0 bridgehead atoms. The van der Waals surface area contributed by atoms with Gasteiger partial charge in [-0.1, -0.05) is 177 Å². The van der Waals surface area contributed by atoms with Crippen LogP contribution in [0.5, 0.6) is 0 Å². The quantitative estimate of drug-likeness (QED) is 0.116. The van der Waals surface area contributed by atoms with E-state index >= 15 is 0 Å². The molecule has 0 N–H and O–H groups in total. The van der Waals surface area contributed by atoms with E-state index in [4.69, 9.17) is 0 Å². The zero-order valence-corrected chi connectivity index (χ0v) is 37.4. The molecule has 0 unspecified atom stereocenters. The normalized spacial score (nSPS) is 13.0. The lowest BCUT2D eigenvalue weighted by atomic mass is 9.91. The Morgan fingerprint density at radius 2 is 0.938 bits per heavy atom. The molecular weight excluding hydrogens is 809 g/mol. The second-order valence-corrected chi connectivity index (χ2v) is 23.0. The molecule has 64 heavy (non-hydrogen) atoms. The van der Waals surface area contributed by atoms with Gasteiger partial charge >= 0.3 is 0 Å². The third-order valence-electron chi connectivity index (χ3n) is 13.8. The van der Waals surface area contributed by atoms with Crippen molar-refractivity contribution in [1.29, 1.82) is 0 Å². The maximum Gasteiger partial charge on any atom is 0.113 e. The van der Waals surface area contributed by atoms with Crippen molar-refractivity contribution >= 4 is 116 Å². The molecule has 0 radical (unpaired) electrons. The lowest BCUT2D eigenvalue weighted by molar-refractivity contribution is 1.30. The highest BCUT2D eigenvalue weighted by Gasteiger charge is 2.38. The summed E-state index contributed by atoms with van der Waals surface area (Å²) >= 11 is 1.88. The van der Waals surface area contributed by atoms with Gasteiger partial charge in [0.1, 0.15) is 8.07 Å². The van der Waals surface area contributed by atoms with Crippen molar-refractivity contribution in [3.05, 3.63) is 218 Å². The fourth-order valence-electron chi connectivity index (χ4n) is 10.8. The van der Waals surface area contributed by atoms with Crippen molar-refractivity contribution < 1.29 is 0 Å². The van der Waals surface area contributed by atoms with Crippen molar-refractivity contribution in [2.24, 2.45) is 0 Å². The van der Waals surface area contributed by atoms with Crippen LogP contribution in [0.4, 0.5) is 34.1 Å². The molecule has 11 aromatic carbocycles. The van der Waals surface area contributed by atoms with Crippen LogP contribution in [0, 0.1) is 0 Å². The van der Waals surface area contributed by atoms with Gasteiger partial charge in [-0.05, 0) is 103 Å². The Labute approximate surface area is 377 Å². The van der Waals surface area contributed by atoms with Gasteiger partial charge in [0.15, 0.2) is 0 Å². The zero-order chi connectivity index (χ0) is 42.5. The number of anilines is 6. The molecule has 0 amide bonds. The Morgan fingerprint density at radius 1 is 0.359 bits per heavy atom. The molecular formula is C60H42N2SSi. The molecule has 1 aliphatic rings. The van der Waals surface area contributed by atoms with Crippen molar-refractivity contribution in [1.82, 2.24) is 0 Å². The highest BCUT2D eigenvalue weighted by molar-refractivity contribution is 7.26. The van der Waals surface area contributed by atoms with E-state index in [1.54, 1.807) is 0 Å². The number of rotatable bonds is 7. The van der Waals surface area contributed by atoms with Gasteiger partial charge in [0.25, 0.3) is 0 Å². The number of benzene rings is 11. The van der Waals surface area contributed by atoms with E-state index in [9.17, 15) is 0 Å². The van der Waals surface area contributed by atoms with Crippen LogP contribution in [0.2, 0.25) is 13.1 Å². The van der Waals surface area contributed by atoms with Crippen LogP contribution in [0.15, 0.2) is 218 Å². The molecule has 0 aliphatic carbocycles. The summed E-state index contributed by atoms with van der Waals surface area (Å²) in [5, 5.41) is 13.1. The molecule has 0 saturated heterocycles. The molecule has 2 heterocycles. The van der Waals surface area contributed by atoms with Crippen LogP contribution in [-0.4, -0.2) is 8.07 Å². The smallest absolute Gasteiger partial charge is 0.113 e. The van der Waals surface area contributed by atoms with Gasteiger partial charge in [0.2, 0.25) is 0 Å². The van der Waals surface area contributed by atoms with E-state index in [0.29, 0.717) is 0 Å². The molecule has 0 saturated carbocycles. The average molecular weight is 851 g/mol. The van der Waals surface area contributed by atoms with Gasteiger partial charge < -0.3 is 9.80 Å². The van der Waals surface area contributed by atoms with Gasteiger partial charge in [0.05, 0.1) is 27.4 Å². The SMILES string of the molecule is C[Si]1(C)c2ccccc2-c2ccc(N(c3ccccc3)c3ccc4ccc5c(N(c6ccccc6-c6ccccc6)c6cccc7c6sc6ccccc67)ccc6ccc3c4c65)cc21. The maximum absolute atomic E-state index is 2.54. The summed E-state index contributed by atoms with van der Waals surface area (Å²) in [7, 11) is -1.92. The molecule has 0 spiro atoms. The Morgan fingerprint density at radius 3 is 1.70 bits per heavy atom. The number of hydrogen-bond acceptors (Lipinski definition) is 3. The Kier molecular flexibility index (Phi) is 8.27. The van der Waals surface area contributed by atoms with Gasteiger partial charge in [-0.2, -0.15) is 0 Å². The predicted molar refractivity (Wildman–Crippen MR) is 280 cm³/mol. The third-order valence-corrected chi connectivity index (χ3v) is 18.5. The standard InChI is InChI=1S/C60H42N2SSi/c1-64(2)56-27-14-11-22-46(56)47-35-32-43(38-57(47)64)61(42-18-7-4-8-19-42)52-36-30-40-29-34-50-53(37-31-41-28-33-49(52)58(40)59(41)50)62(51-24-12-9-20-44(51)39-16-5-3-6-17-39)54-25-15-23-48-45-21-10-13-26-55(45)63-60(48)54/h3-38H,1-2H3. The lowest BCUT2D eigenvalue weighted by Crippen LogP contribution is -2.49. The molecule has 1 aliphatic heterocycles. The topological polar surface area (TPSA) is 6.48 Å². The monoisotopic (exact) mass is 850 g/mol. The van der Waals surface area contributed by atoms with E-state index in [-0.39, 0.29) is 0 Å². The summed E-state index contributed by atoms with van der Waals surface area (Å²) in [6, 6.07) is 81.4. The third kappa shape index (κ3) is 5.49. The van der Waals surface area contributed by atoms with Crippen LogP contribution in [-0.2, 0) is 0 Å². The van der Waals surface area contributed by atoms with Gasteiger partial charge in [0, 0.05) is 43.2 Å². The maximum atomic E-state index is 2.54. The summed E-state index contributed by atoms with van der Waals surface area (Å²) in [5.74, 6) is 0. The van der Waals surface area contributed by atoms with E-state index < -0.39 is 8.07 Å². The number of nitrogens with zero attached hydrogens (tertiary/aromatic N) is 2. The second kappa shape index (κ2) is 14.3. The van der Waals surface area contributed by atoms with Crippen LogP contribution in [0.25, 0.3) is 74.7 Å². The van der Waals surface area contributed by atoms with E-state index in [1.807, 2.05) is 11.3 Å². The Hall–Kier alpha value is -7.50. The lowest BCUT2D eigenvalue weighted by Gasteiger charge is -2.31. The number of hydrogen-bond donors (Lipinski definition) is 0. The average Bonchev–Trinajstić information content (AvgIpc) is 3.84. The van der Waals surface area contributed by atoms with Crippen molar-refractivity contribution in [2.75, 3.05) is 9.80 Å². The fourth-order valence-corrected chi connectivity index (χ4v) is 15.1. The van der Waals surface area contributed by atoms with Crippen molar-refractivity contribution in [3.63, 3.8) is 0 Å². The van der Waals surface area contributed by atoms with E-state index in [2.05, 4.69) is 241 Å². The molecule has 2 nitrogen and oxygen atoms in total. The summed E-state index contributed by atoms with van der Waals surface area (Å²) in [4.78, 5) is 5.03. The van der Waals surface area contributed by atoms with E-state index in [1.165, 1.54) is 102 Å². The van der Waals surface area contributed by atoms with Gasteiger partial charge in [-0.15, -0.1) is 11.3 Å². The summed E-state index contributed by atoms with van der Waals surface area (Å²) < 4.78 is 2.58. The van der Waals surface area contributed by atoms with Crippen LogP contribution in [0.1, 0.15) is 0 Å². The molecule has 0 fully saturated rings. The summed E-state index contributed by atoms with van der Waals surface area (Å²) in [6.45, 7) is 5.01. The highest BCUT2D eigenvalue weighted by atomic mass is 32.1. The largest absolute Gasteiger partial charge is 0.310 e. The van der Waals surface area contributed by atoms with Crippen LogP contribution in [0.3, 0.4) is 0 Å². The van der Waals surface area contributed by atoms with Crippen LogP contribution < -0.4 is 20.2 Å². The van der Waals surface area contributed by atoms with Crippen molar-refractivity contribution in [3.8, 4) is 22.3 Å².